The van der Waals surface area contributed by atoms with E-state index < -0.39 is 54.0 Å². The van der Waals surface area contributed by atoms with Gasteiger partial charge in [-0.1, -0.05) is 23.8 Å². The molecule has 1 aliphatic carbocycles. The summed E-state index contributed by atoms with van der Waals surface area (Å²) in [7, 11) is 0. The second-order valence-corrected chi connectivity index (χ2v) is 7.10. The minimum Gasteiger partial charge on any atom is -0.451 e. The molecular formula is C19H18ClFN2O5. The maximum atomic E-state index is 13.7. The Hall–Kier alpha value is -2.74. The first kappa shape index (κ1) is 20.0. The molecule has 0 bridgehead atoms. The summed E-state index contributed by atoms with van der Waals surface area (Å²) in [4.78, 5) is 49.8. The highest BCUT2D eigenvalue weighted by atomic mass is 35.5. The van der Waals surface area contributed by atoms with E-state index in [1.54, 1.807) is 0 Å². The lowest BCUT2D eigenvalue weighted by molar-refractivity contribution is -0.158. The van der Waals surface area contributed by atoms with Crippen LogP contribution in [0.4, 0.5) is 10.1 Å². The molecule has 7 nitrogen and oxygen atoms in total. The van der Waals surface area contributed by atoms with Crippen molar-refractivity contribution in [3.05, 3.63) is 41.2 Å². The van der Waals surface area contributed by atoms with Crippen LogP contribution in [-0.4, -0.2) is 41.2 Å². The van der Waals surface area contributed by atoms with E-state index in [0.29, 0.717) is 12.8 Å². The van der Waals surface area contributed by atoms with Crippen LogP contribution in [0, 0.1) is 17.7 Å². The molecule has 1 heterocycles. The number of ether oxygens (including phenoxy) is 1. The van der Waals surface area contributed by atoms with Crippen molar-refractivity contribution in [2.75, 3.05) is 11.9 Å². The number of rotatable bonds is 5. The van der Waals surface area contributed by atoms with E-state index in [2.05, 4.69) is 5.32 Å². The van der Waals surface area contributed by atoms with Crippen molar-refractivity contribution >= 4 is 41.0 Å². The number of allylic oxidation sites excluding steroid dienone is 2. The summed E-state index contributed by atoms with van der Waals surface area (Å²) >= 11 is 5.65. The Balaban J connectivity index is 1.56. The van der Waals surface area contributed by atoms with Crippen molar-refractivity contribution < 1.29 is 28.3 Å². The molecule has 1 saturated heterocycles. The molecule has 1 aliphatic heterocycles. The third-order valence-corrected chi connectivity index (χ3v) is 4.99. The smallest absolute Gasteiger partial charge is 0.326 e. The lowest BCUT2D eigenvalue weighted by Crippen LogP contribution is -2.39. The third-order valence-electron chi connectivity index (χ3n) is 4.75. The van der Waals surface area contributed by atoms with Crippen LogP contribution in [0.5, 0.6) is 0 Å². The summed E-state index contributed by atoms with van der Waals surface area (Å²) in [5.41, 5.74) is -0.112. The number of carbonyl (C=O) groups excluding carboxylic acids is 4. The Morgan fingerprint density at radius 2 is 1.86 bits per heavy atom. The summed E-state index contributed by atoms with van der Waals surface area (Å²) in [6.07, 6.45) is 3.37. The Labute approximate surface area is 165 Å². The zero-order valence-electron chi connectivity index (χ0n) is 15.0. The molecule has 1 aromatic carbocycles. The molecule has 2 aliphatic rings. The van der Waals surface area contributed by atoms with Crippen molar-refractivity contribution in [1.29, 1.82) is 0 Å². The maximum Gasteiger partial charge on any atom is 0.326 e. The van der Waals surface area contributed by atoms with Gasteiger partial charge in [0.15, 0.2) is 6.10 Å². The normalized spacial score (nSPS) is 22.0. The number of nitrogens with one attached hydrogen (secondary N) is 1. The molecule has 1 fully saturated rings. The minimum atomic E-state index is -1.25. The van der Waals surface area contributed by atoms with Crippen LogP contribution in [-0.2, 0) is 23.9 Å². The van der Waals surface area contributed by atoms with Crippen LogP contribution >= 0.6 is 11.6 Å². The number of esters is 1. The quantitative estimate of drug-likeness (QED) is 0.458. The zero-order chi connectivity index (χ0) is 20.4. The van der Waals surface area contributed by atoms with E-state index in [0.717, 1.165) is 11.0 Å². The second kappa shape index (κ2) is 8.10. The lowest BCUT2D eigenvalue weighted by Gasteiger charge is -2.17. The molecule has 9 heteroatoms. The van der Waals surface area contributed by atoms with E-state index in [1.807, 2.05) is 12.2 Å². The first-order chi connectivity index (χ1) is 13.3. The van der Waals surface area contributed by atoms with Crippen LogP contribution in [0.3, 0.4) is 0 Å². The van der Waals surface area contributed by atoms with Gasteiger partial charge in [0, 0.05) is 5.02 Å². The average molecular weight is 409 g/mol. The van der Waals surface area contributed by atoms with Gasteiger partial charge in [-0.15, -0.1) is 0 Å². The maximum absolute atomic E-state index is 13.7. The average Bonchev–Trinajstić information content (AvgIpc) is 2.89. The molecule has 3 atom stereocenters. The summed E-state index contributed by atoms with van der Waals surface area (Å²) in [6.45, 7) is 0.746. The predicted molar refractivity (Wildman–Crippen MR) is 97.7 cm³/mol. The first-order valence-electron chi connectivity index (χ1n) is 8.73. The van der Waals surface area contributed by atoms with Crippen LogP contribution in [0.25, 0.3) is 0 Å². The van der Waals surface area contributed by atoms with Gasteiger partial charge in [-0.05, 0) is 38.0 Å². The standard InChI is InChI=1S/C19H18ClFN2O5/c1-10(17(25)22-15-7-6-11(20)8-14(15)21)28-16(24)9-23-18(26)12-4-2-3-5-13(12)19(23)27/h2-3,6-8,10,12-13H,4-5,9H2,1H3,(H,22,25)/t10-,12+,13+/m1/s1. The fourth-order valence-corrected chi connectivity index (χ4v) is 3.43. The van der Waals surface area contributed by atoms with E-state index in [9.17, 15) is 23.6 Å². The Morgan fingerprint density at radius 3 is 2.43 bits per heavy atom. The monoisotopic (exact) mass is 408 g/mol. The summed E-state index contributed by atoms with van der Waals surface area (Å²) in [6, 6.07) is 3.71. The molecule has 28 heavy (non-hydrogen) atoms. The number of amides is 3. The number of hydrogen-bond donors (Lipinski definition) is 1. The van der Waals surface area contributed by atoms with Crippen LogP contribution in [0.15, 0.2) is 30.4 Å². The number of carbonyl (C=O) groups is 4. The first-order valence-corrected chi connectivity index (χ1v) is 9.11. The number of fused-ring (bicyclic) bond motifs is 1. The Morgan fingerprint density at radius 1 is 1.25 bits per heavy atom. The number of imide groups is 1. The number of benzene rings is 1. The number of anilines is 1. The van der Waals surface area contributed by atoms with Crippen LogP contribution in [0.2, 0.25) is 5.02 Å². The van der Waals surface area contributed by atoms with E-state index in [-0.39, 0.29) is 10.7 Å². The molecule has 1 N–H and O–H groups in total. The second-order valence-electron chi connectivity index (χ2n) is 6.66. The predicted octanol–water partition coefficient (Wildman–Crippen LogP) is 2.30. The fourth-order valence-electron chi connectivity index (χ4n) is 3.27. The number of halogens is 2. The SMILES string of the molecule is C[C@@H](OC(=O)CN1C(=O)[C@H]2CC=CC[C@@H]2C1=O)C(=O)Nc1ccc(Cl)cc1F. The fraction of sp³-hybridized carbons (Fsp3) is 0.368. The molecule has 3 amide bonds. The van der Waals surface area contributed by atoms with Gasteiger partial charge in [-0.3, -0.25) is 24.1 Å². The Kier molecular flexibility index (Phi) is 5.79. The largest absolute Gasteiger partial charge is 0.451 e. The molecule has 1 aromatic rings. The van der Waals surface area contributed by atoms with Gasteiger partial charge in [-0.2, -0.15) is 0 Å². The van der Waals surface area contributed by atoms with Crippen molar-refractivity contribution in [2.45, 2.75) is 25.9 Å². The molecule has 0 spiro atoms. The third kappa shape index (κ3) is 4.06. The van der Waals surface area contributed by atoms with E-state index >= 15 is 0 Å². The highest BCUT2D eigenvalue weighted by molar-refractivity contribution is 6.30. The molecular weight excluding hydrogens is 391 g/mol. The van der Waals surface area contributed by atoms with Crippen molar-refractivity contribution in [2.24, 2.45) is 11.8 Å². The van der Waals surface area contributed by atoms with Gasteiger partial charge in [0.2, 0.25) is 11.8 Å². The summed E-state index contributed by atoms with van der Waals surface area (Å²) < 4.78 is 18.7. The lowest BCUT2D eigenvalue weighted by atomic mass is 9.85. The van der Waals surface area contributed by atoms with Crippen LogP contribution < -0.4 is 5.32 Å². The van der Waals surface area contributed by atoms with Crippen molar-refractivity contribution in [3.8, 4) is 0 Å². The summed E-state index contributed by atoms with van der Waals surface area (Å²) in [5, 5.41) is 2.46. The zero-order valence-corrected chi connectivity index (χ0v) is 15.7. The molecule has 0 unspecified atom stereocenters. The summed E-state index contributed by atoms with van der Waals surface area (Å²) in [5.74, 6) is -4.09. The highest BCUT2D eigenvalue weighted by Crippen LogP contribution is 2.34. The van der Waals surface area contributed by atoms with Gasteiger partial charge in [0.1, 0.15) is 12.4 Å². The molecule has 148 valence electrons. The van der Waals surface area contributed by atoms with Crippen LogP contribution in [0.1, 0.15) is 19.8 Å². The van der Waals surface area contributed by atoms with Crippen molar-refractivity contribution in [3.63, 3.8) is 0 Å². The van der Waals surface area contributed by atoms with Gasteiger partial charge in [0.05, 0.1) is 17.5 Å². The number of nitrogens with zero attached hydrogens (tertiary/aromatic N) is 1. The number of likely N-dealkylation sites (tertiary alicyclic amines) is 1. The minimum absolute atomic E-state index is 0.112. The topological polar surface area (TPSA) is 92.8 Å². The van der Waals surface area contributed by atoms with Crippen molar-refractivity contribution in [1.82, 2.24) is 4.90 Å². The highest BCUT2D eigenvalue weighted by Gasteiger charge is 2.47. The number of hydrogen-bond acceptors (Lipinski definition) is 5. The molecule has 0 saturated carbocycles. The van der Waals surface area contributed by atoms with E-state index in [4.69, 9.17) is 16.3 Å². The van der Waals surface area contributed by atoms with E-state index in [1.165, 1.54) is 19.1 Å². The van der Waals surface area contributed by atoms with Gasteiger partial charge >= 0.3 is 5.97 Å². The Bertz CT molecular complexity index is 846. The molecule has 3 rings (SSSR count). The molecule has 0 aromatic heterocycles. The molecule has 0 radical (unpaired) electrons. The van der Waals surface area contributed by atoms with Gasteiger partial charge in [0.25, 0.3) is 5.91 Å². The van der Waals surface area contributed by atoms with Gasteiger partial charge < -0.3 is 10.1 Å². The van der Waals surface area contributed by atoms with Gasteiger partial charge in [-0.25, -0.2) is 4.39 Å².